The smallest absolute Gasteiger partial charge is 0.339 e. The van der Waals surface area contributed by atoms with Crippen molar-refractivity contribution in [1.82, 2.24) is 0 Å². The normalized spacial score (nSPS) is 12.2. The lowest BCUT2D eigenvalue weighted by molar-refractivity contribution is -0.128. The minimum absolute atomic E-state index is 0.291. The van der Waals surface area contributed by atoms with Gasteiger partial charge in [0.25, 0.3) is 0 Å². The zero-order valence-corrected chi connectivity index (χ0v) is 32.5. The van der Waals surface area contributed by atoms with E-state index >= 15 is 0 Å². The third-order valence-corrected chi connectivity index (χ3v) is 11.4. The van der Waals surface area contributed by atoms with Gasteiger partial charge in [0, 0.05) is 6.08 Å². The molecule has 0 saturated carbocycles. The highest BCUT2D eigenvalue weighted by atomic mass is 31.2. The maximum Gasteiger partial charge on any atom is 0.339 e. The van der Waals surface area contributed by atoms with Gasteiger partial charge in [-0.25, -0.2) is 14.4 Å². The van der Waals surface area contributed by atoms with Crippen LogP contribution < -0.4 is 10.6 Å². The summed E-state index contributed by atoms with van der Waals surface area (Å²) in [7, 11) is -3.50. The van der Waals surface area contributed by atoms with E-state index in [2.05, 4.69) is 27.7 Å². The number of hydrogen-bond donors (Lipinski definition) is 0. The predicted molar refractivity (Wildman–Crippen MR) is 215 cm³/mol. The monoisotopic (exact) mass is 738 g/mol. The predicted octanol–water partition coefficient (Wildman–Crippen LogP) is 10.6. The fraction of sp³-hybridized carbons (Fsp3) is 0.356. The second-order valence-electron chi connectivity index (χ2n) is 13.0. The van der Waals surface area contributed by atoms with Crippen molar-refractivity contribution in [2.45, 2.75) is 79.1 Å². The molecule has 8 heteroatoms. The molecule has 0 spiro atoms. The molecular weight excluding hydrogens is 683 g/mol. The quantitative estimate of drug-likeness (QED) is 0.0537. The van der Waals surface area contributed by atoms with Crippen LogP contribution in [0.4, 0.5) is 0 Å². The maximum absolute atomic E-state index is 13.6. The first-order chi connectivity index (χ1) is 25.7. The summed E-state index contributed by atoms with van der Waals surface area (Å²) in [6.45, 7) is 9.34. The molecule has 282 valence electrons. The van der Waals surface area contributed by atoms with Crippen molar-refractivity contribution in [3.8, 4) is 0 Å². The zero-order valence-electron chi connectivity index (χ0n) is 31.7. The Bertz CT molecular complexity index is 1640. The largest absolute Gasteiger partial charge is 0.462 e. The number of hydrogen-bond acceptors (Lipinski definition) is 7. The molecule has 0 amide bonds. The molecule has 4 rings (SSSR count). The molecule has 4 aromatic rings. The Balaban J connectivity index is 0.000000287. The van der Waals surface area contributed by atoms with E-state index in [9.17, 15) is 18.9 Å². The molecule has 0 radical (unpaired) electrons. The second kappa shape index (κ2) is 23.7. The van der Waals surface area contributed by atoms with Crippen molar-refractivity contribution >= 4 is 42.0 Å². The van der Waals surface area contributed by atoms with Gasteiger partial charge in [0.05, 0.1) is 34.9 Å². The Morgan fingerprint density at radius 1 is 0.585 bits per heavy atom. The molecule has 7 nitrogen and oxygen atoms in total. The molecule has 0 N–H and O–H groups in total. The minimum Gasteiger partial charge on any atom is -0.462 e. The van der Waals surface area contributed by atoms with Crippen LogP contribution in [0.1, 0.15) is 105 Å². The third-order valence-electron chi connectivity index (χ3n) is 8.98. The molecule has 0 aliphatic carbocycles. The van der Waals surface area contributed by atoms with Crippen molar-refractivity contribution < 1.29 is 32.9 Å². The van der Waals surface area contributed by atoms with Crippen LogP contribution in [-0.4, -0.2) is 31.1 Å². The van der Waals surface area contributed by atoms with Gasteiger partial charge < -0.3 is 14.0 Å². The average molecular weight is 739 g/mol. The van der Waals surface area contributed by atoms with Crippen LogP contribution in [0.25, 0.3) is 6.08 Å². The summed E-state index contributed by atoms with van der Waals surface area (Å²) in [6.07, 6.45) is 11.6. The second-order valence-corrected chi connectivity index (χ2v) is 15.3. The summed E-state index contributed by atoms with van der Waals surface area (Å²) in [5.74, 6) is -0.792. The van der Waals surface area contributed by atoms with Crippen LogP contribution >= 0.6 is 7.37 Å². The molecular formula is C45H55O7P. The van der Waals surface area contributed by atoms with Crippen LogP contribution in [0.3, 0.4) is 0 Å². The van der Waals surface area contributed by atoms with Gasteiger partial charge in [-0.05, 0) is 72.7 Å². The summed E-state index contributed by atoms with van der Waals surface area (Å²) in [6, 6.07) is 33.8. The molecule has 2 unspecified atom stereocenters. The molecule has 0 aromatic heterocycles. The number of rotatable bonds is 19. The molecule has 0 saturated heterocycles. The SMILES string of the molecule is CCCCC(CC)COC(=O)c1ccccc1C(=O)OCC(CC)CCCC.O=C(C=Cc1ccccc1)OP(=O)(c1ccccc1)c1ccccc1. The summed E-state index contributed by atoms with van der Waals surface area (Å²) in [5.41, 5.74) is 1.45. The van der Waals surface area contributed by atoms with Gasteiger partial charge in [-0.2, -0.15) is 0 Å². The first-order valence-corrected chi connectivity index (χ1v) is 20.5. The van der Waals surface area contributed by atoms with Crippen molar-refractivity contribution in [1.29, 1.82) is 0 Å². The minimum atomic E-state index is -3.50. The van der Waals surface area contributed by atoms with Crippen LogP contribution in [0.2, 0.25) is 0 Å². The van der Waals surface area contributed by atoms with Gasteiger partial charge in [-0.3, -0.25) is 4.57 Å². The molecule has 0 heterocycles. The highest BCUT2D eigenvalue weighted by Gasteiger charge is 2.31. The van der Waals surface area contributed by atoms with Crippen LogP contribution in [0.5, 0.6) is 0 Å². The first kappa shape index (κ1) is 42.7. The van der Waals surface area contributed by atoms with E-state index in [1.807, 2.05) is 42.5 Å². The van der Waals surface area contributed by atoms with Crippen LogP contribution in [0.15, 0.2) is 121 Å². The van der Waals surface area contributed by atoms with E-state index in [0.29, 0.717) is 46.8 Å². The van der Waals surface area contributed by atoms with Gasteiger partial charge in [0.15, 0.2) is 0 Å². The zero-order chi connectivity index (χ0) is 38.3. The van der Waals surface area contributed by atoms with Crippen molar-refractivity contribution in [3.05, 3.63) is 138 Å². The van der Waals surface area contributed by atoms with Gasteiger partial charge in [0.2, 0.25) is 0 Å². The van der Waals surface area contributed by atoms with Gasteiger partial charge >= 0.3 is 25.3 Å². The number of benzene rings is 4. The molecule has 2 atom stereocenters. The Morgan fingerprint density at radius 2 is 0.981 bits per heavy atom. The number of carbonyl (C=O) groups excluding carboxylic acids is 3. The average Bonchev–Trinajstić information content (AvgIpc) is 3.21. The van der Waals surface area contributed by atoms with Crippen molar-refractivity contribution in [2.24, 2.45) is 11.8 Å². The van der Waals surface area contributed by atoms with E-state index in [1.165, 1.54) is 6.08 Å². The standard InChI is InChI=1S/C24H38O4.C21H17O3P/c1-5-9-13-19(7-3)17-27-23(25)21-15-11-12-16-22(21)24(26)28-18-20(8-4)14-10-6-2;22-21(17-16-18-10-4-1-5-11-18)24-25(23,19-12-6-2-7-13-19)20-14-8-3-9-15-20/h11-12,15-16,19-20H,5-10,13-14,17-18H2,1-4H3;1-17H. The third kappa shape index (κ3) is 14.3. The molecule has 53 heavy (non-hydrogen) atoms. The lowest BCUT2D eigenvalue weighted by Gasteiger charge is -2.18. The Morgan fingerprint density at radius 3 is 1.38 bits per heavy atom. The van der Waals surface area contributed by atoms with Gasteiger partial charge in [0.1, 0.15) is 0 Å². The van der Waals surface area contributed by atoms with Gasteiger partial charge in [-0.15, -0.1) is 0 Å². The van der Waals surface area contributed by atoms with Crippen molar-refractivity contribution in [3.63, 3.8) is 0 Å². The summed E-state index contributed by atoms with van der Waals surface area (Å²) in [5, 5.41) is 0.977. The number of ether oxygens (including phenoxy) is 2. The maximum atomic E-state index is 13.6. The number of unbranched alkanes of at least 4 members (excludes halogenated alkanes) is 2. The molecule has 0 aliphatic rings. The van der Waals surface area contributed by atoms with Crippen molar-refractivity contribution in [2.75, 3.05) is 13.2 Å². The fourth-order valence-electron chi connectivity index (χ4n) is 5.57. The molecule has 0 aliphatic heterocycles. The number of esters is 2. The molecule has 0 bridgehead atoms. The first-order valence-electron chi connectivity index (χ1n) is 18.9. The fourth-order valence-corrected chi connectivity index (χ4v) is 7.52. The highest BCUT2D eigenvalue weighted by Crippen LogP contribution is 2.44. The Kier molecular flexibility index (Phi) is 19.1. The summed E-state index contributed by atoms with van der Waals surface area (Å²) in [4.78, 5) is 37.4. The summed E-state index contributed by atoms with van der Waals surface area (Å²) < 4.78 is 30.1. The van der Waals surface area contributed by atoms with E-state index in [0.717, 1.165) is 56.9 Å². The van der Waals surface area contributed by atoms with Crippen LogP contribution in [0, 0.1) is 11.8 Å². The van der Waals surface area contributed by atoms with E-state index in [1.54, 1.807) is 78.9 Å². The highest BCUT2D eigenvalue weighted by molar-refractivity contribution is 7.74. The van der Waals surface area contributed by atoms with E-state index < -0.39 is 25.3 Å². The van der Waals surface area contributed by atoms with E-state index in [4.69, 9.17) is 14.0 Å². The van der Waals surface area contributed by atoms with E-state index in [-0.39, 0.29) is 0 Å². The Labute approximate surface area is 316 Å². The lowest BCUT2D eigenvalue weighted by Crippen LogP contribution is -2.20. The topological polar surface area (TPSA) is 96.0 Å². The van der Waals surface area contributed by atoms with Gasteiger partial charge in [-0.1, -0.05) is 145 Å². The molecule has 4 aromatic carbocycles. The molecule has 0 fully saturated rings. The summed E-state index contributed by atoms with van der Waals surface area (Å²) >= 11 is 0. The number of carbonyl (C=O) groups is 3. The van der Waals surface area contributed by atoms with Crippen LogP contribution in [-0.2, 0) is 23.4 Å². The lowest BCUT2D eigenvalue weighted by atomic mass is 10.0. The Hall–Kier alpha value is -4.74.